The van der Waals surface area contributed by atoms with Crippen LogP contribution < -0.4 is 28.6 Å². The molecule has 0 fully saturated rings. The van der Waals surface area contributed by atoms with E-state index in [0.29, 0.717) is 34.4 Å². The maximum atomic E-state index is 12.5. The van der Waals surface area contributed by atoms with Crippen LogP contribution in [0.5, 0.6) is 23.0 Å². The molecule has 0 radical (unpaired) electrons. The average molecular weight is 408 g/mol. The van der Waals surface area contributed by atoms with Crippen molar-refractivity contribution < 1.29 is 32.2 Å². The largest absolute Gasteiger partial charge is 0.493 e. The summed E-state index contributed by atoms with van der Waals surface area (Å²) in [5.41, 5.74) is 0.746. The molecule has 0 saturated carbocycles. The molecule has 1 aliphatic rings. The van der Waals surface area contributed by atoms with Crippen LogP contribution in [0.4, 0.5) is 11.4 Å². The third-order valence-corrected chi connectivity index (χ3v) is 5.14. The van der Waals surface area contributed by atoms with Gasteiger partial charge in [0.05, 0.1) is 26.2 Å². The maximum Gasteiger partial charge on any atom is 0.245 e. The van der Waals surface area contributed by atoms with E-state index in [1.165, 1.54) is 20.3 Å². The van der Waals surface area contributed by atoms with Gasteiger partial charge in [0.2, 0.25) is 22.7 Å². The summed E-state index contributed by atoms with van der Waals surface area (Å²) in [5, 5.41) is 2.66. The van der Waals surface area contributed by atoms with Crippen LogP contribution in [0.25, 0.3) is 0 Å². The van der Waals surface area contributed by atoms with Crippen LogP contribution in [0.2, 0.25) is 0 Å². The monoisotopic (exact) mass is 408 g/mol. The molecule has 1 aliphatic heterocycles. The van der Waals surface area contributed by atoms with Gasteiger partial charge < -0.3 is 24.3 Å². The highest BCUT2D eigenvalue weighted by Gasteiger charge is 2.24. The molecular formula is C18H20N2O7S. The number of benzene rings is 2. The number of anilines is 2. The number of rotatable bonds is 7. The van der Waals surface area contributed by atoms with Gasteiger partial charge in [0, 0.05) is 17.8 Å². The lowest BCUT2D eigenvalue weighted by molar-refractivity contribution is -0.114. The van der Waals surface area contributed by atoms with Crippen LogP contribution >= 0.6 is 0 Å². The summed E-state index contributed by atoms with van der Waals surface area (Å²) in [6.07, 6.45) is 1.03. The molecule has 0 saturated heterocycles. The van der Waals surface area contributed by atoms with E-state index in [0.717, 1.165) is 10.6 Å². The first kappa shape index (κ1) is 19.6. The van der Waals surface area contributed by atoms with E-state index in [9.17, 15) is 13.2 Å². The van der Waals surface area contributed by atoms with Crippen molar-refractivity contribution in [1.82, 2.24) is 0 Å². The fraction of sp³-hybridized carbons (Fsp3) is 0.278. The Bertz CT molecular complexity index is 991. The first-order valence-corrected chi connectivity index (χ1v) is 10.1. The SMILES string of the molecule is COc1ccc(NC(=O)CN(c2ccc3c(c2)OCO3)S(C)(=O)=O)cc1OC. The van der Waals surface area contributed by atoms with Crippen LogP contribution in [0, 0.1) is 0 Å². The number of nitrogens with one attached hydrogen (secondary N) is 1. The highest BCUT2D eigenvalue weighted by molar-refractivity contribution is 7.92. The third kappa shape index (κ3) is 4.22. The molecule has 10 heteroatoms. The normalized spacial score (nSPS) is 12.4. The highest BCUT2D eigenvalue weighted by atomic mass is 32.2. The summed E-state index contributed by atoms with van der Waals surface area (Å²) < 4.78 is 46.3. The molecule has 0 unspecified atom stereocenters. The van der Waals surface area contributed by atoms with Gasteiger partial charge in [-0.05, 0) is 24.3 Å². The maximum absolute atomic E-state index is 12.5. The zero-order valence-corrected chi connectivity index (χ0v) is 16.4. The van der Waals surface area contributed by atoms with E-state index in [2.05, 4.69) is 5.32 Å². The number of sulfonamides is 1. The van der Waals surface area contributed by atoms with E-state index >= 15 is 0 Å². The predicted molar refractivity (Wildman–Crippen MR) is 103 cm³/mol. The van der Waals surface area contributed by atoms with Gasteiger partial charge in [0.15, 0.2) is 23.0 Å². The molecule has 0 bridgehead atoms. The third-order valence-electron chi connectivity index (χ3n) is 4.00. The van der Waals surface area contributed by atoms with E-state index in [-0.39, 0.29) is 6.79 Å². The zero-order chi connectivity index (χ0) is 20.3. The summed E-state index contributed by atoms with van der Waals surface area (Å²) >= 11 is 0. The molecule has 0 aromatic heterocycles. The number of ether oxygens (including phenoxy) is 4. The van der Waals surface area contributed by atoms with Crippen molar-refractivity contribution in [3.05, 3.63) is 36.4 Å². The van der Waals surface area contributed by atoms with Gasteiger partial charge >= 0.3 is 0 Å². The quantitative estimate of drug-likeness (QED) is 0.745. The molecule has 1 amide bonds. The molecule has 150 valence electrons. The lowest BCUT2D eigenvalue weighted by Crippen LogP contribution is -2.37. The Morgan fingerprint density at radius 1 is 1.07 bits per heavy atom. The molecule has 0 aliphatic carbocycles. The Balaban J connectivity index is 1.79. The van der Waals surface area contributed by atoms with Crippen LogP contribution in [-0.4, -0.2) is 48.1 Å². The van der Waals surface area contributed by atoms with E-state index in [1.54, 1.807) is 30.3 Å². The number of carbonyl (C=O) groups is 1. The fourth-order valence-corrected chi connectivity index (χ4v) is 3.53. The molecule has 1 heterocycles. The van der Waals surface area contributed by atoms with Gasteiger partial charge in [-0.15, -0.1) is 0 Å². The molecule has 2 aromatic carbocycles. The van der Waals surface area contributed by atoms with Gasteiger partial charge in [-0.25, -0.2) is 8.42 Å². The Morgan fingerprint density at radius 3 is 2.46 bits per heavy atom. The first-order valence-electron chi connectivity index (χ1n) is 8.21. The number of hydrogen-bond donors (Lipinski definition) is 1. The van der Waals surface area contributed by atoms with E-state index in [4.69, 9.17) is 18.9 Å². The van der Waals surface area contributed by atoms with Crippen LogP contribution in [-0.2, 0) is 14.8 Å². The Hall–Kier alpha value is -3.14. The van der Waals surface area contributed by atoms with Crippen molar-refractivity contribution in [3.63, 3.8) is 0 Å². The highest BCUT2D eigenvalue weighted by Crippen LogP contribution is 2.36. The van der Waals surface area contributed by atoms with Crippen LogP contribution in [0.3, 0.4) is 0 Å². The topological polar surface area (TPSA) is 103 Å². The van der Waals surface area contributed by atoms with Crippen molar-refractivity contribution in [1.29, 1.82) is 0 Å². The number of nitrogens with zero attached hydrogens (tertiary/aromatic N) is 1. The number of amides is 1. The minimum Gasteiger partial charge on any atom is -0.493 e. The Morgan fingerprint density at radius 2 is 1.79 bits per heavy atom. The molecule has 2 aromatic rings. The minimum atomic E-state index is -3.71. The molecule has 1 N–H and O–H groups in total. The van der Waals surface area contributed by atoms with Crippen molar-refractivity contribution >= 4 is 27.3 Å². The second-order valence-electron chi connectivity index (χ2n) is 5.93. The minimum absolute atomic E-state index is 0.0669. The second kappa shape index (κ2) is 7.85. The van der Waals surface area contributed by atoms with Crippen molar-refractivity contribution in [2.45, 2.75) is 0 Å². The van der Waals surface area contributed by atoms with Gasteiger partial charge in [0.25, 0.3) is 0 Å². The molecule has 0 spiro atoms. The molecule has 0 atom stereocenters. The van der Waals surface area contributed by atoms with Crippen molar-refractivity contribution in [2.24, 2.45) is 0 Å². The standard InChI is InChI=1S/C18H20N2O7S/c1-24-14-6-4-12(8-16(14)25-2)19-18(21)10-20(28(3,22)23)13-5-7-15-17(9-13)27-11-26-15/h4-9H,10-11H2,1-3H3,(H,19,21). The second-order valence-corrected chi connectivity index (χ2v) is 7.83. The summed E-state index contributed by atoms with van der Waals surface area (Å²) in [6.45, 7) is -0.343. The summed E-state index contributed by atoms with van der Waals surface area (Å²) in [6, 6.07) is 9.53. The average Bonchev–Trinajstić information content (AvgIpc) is 3.12. The van der Waals surface area contributed by atoms with E-state index in [1.807, 2.05) is 0 Å². The fourth-order valence-electron chi connectivity index (χ4n) is 2.69. The number of carbonyl (C=O) groups excluding carboxylic acids is 1. The van der Waals surface area contributed by atoms with Gasteiger partial charge in [-0.3, -0.25) is 9.10 Å². The zero-order valence-electron chi connectivity index (χ0n) is 15.6. The molecule has 3 rings (SSSR count). The van der Waals surface area contributed by atoms with Crippen LogP contribution in [0.1, 0.15) is 0 Å². The lowest BCUT2D eigenvalue weighted by Gasteiger charge is -2.22. The number of hydrogen-bond acceptors (Lipinski definition) is 7. The van der Waals surface area contributed by atoms with Gasteiger partial charge in [-0.2, -0.15) is 0 Å². The van der Waals surface area contributed by atoms with Gasteiger partial charge in [0.1, 0.15) is 6.54 Å². The molecular weight excluding hydrogens is 388 g/mol. The van der Waals surface area contributed by atoms with Gasteiger partial charge in [-0.1, -0.05) is 0 Å². The molecule has 28 heavy (non-hydrogen) atoms. The van der Waals surface area contributed by atoms with E-state index < -0.39 is 22.5 Å². The first-order chi connectivity index (χ1) is 13.3. The Labute approximate surface area is 162 Å². The predicted octanol–water partition coefficient (Wildman–Crippen LogP) is 1.84. The van der Waals surface area contributed by atoms with Crippen molar-refractivity contribution in [2.75, 3.05) is 43.4 Å². The molecule has 9 nitrogen and oxygen atoms in total. The summed E-state index contributed by atoms with van der Waals surface area (Å²) in [5.74, 6) is 1.38. The Kier molecular flexibility index (Phi) is 5.50. The number of methoxy groups -OCH3 is 2. The lowest BCUT2D eigenvalue weighted by atomic mass is 10.2. The van der Waals surface area contributed by atoms with Crippen molar-refractivity contribution in [3.8, 4) is 23.0 Å². The number of fused-ring (bicyclic) bond motifs is 1. The summed E-state index contributed by atoms with van der Waals surface area (Å²) in [7, 11) is -0.729. The summed E-state index contributed by atoms with van der Waals surface area (Å²) in [4.78, 5) is 12.5. The van der Waals surface area contributed by atoms with Crippen LogP contribution in [0.15, 0.2) is 36.4 Å². The smallest absolute Gasteiger partial charge is 0.245 e.